The van der Waals surface area contributed by atoms with E-state index in [1.165, 1.54) is 0 Å². The summed E-state index contributed by atoms with van der Waals surface area (Å²) in [6.07, 6.45) is 0. The minimum absolute atomic E-state index is 0.207. The third kappa shape index (κ3) is 2.47. The Morgan fingerprint density at radius 1 is 1.43 bits per heavy atom. The summed E-state index contributed by atoms with van der Waals surface area (Å²) >= 11 is 3.43. The quantitative estimate of drug-likeness (QED) is 0.732. The van der Waals surface area contributed by atoms with Crippen LogP contribution in [0.5, 0.6) is 5.75 Å². The summed E-state index contributed by atoms with van der Waals surface area (Å²) in [6, 6.07) is 3.54. The molecule has 1 rings (SSSR count). The van der Waals surface area contributed by atoms with Gasteiger partial charge in [0.05, 0.1) is 0 Å². The molecule has 0 radical (unpaired) electrons. The van der Waals surface area contributed by atoms with Crippen LogP contribution in [0.2, 0.25) is 0 Å². The van der Waals surface area contributed by atoms with Gasteiger partial charge in [0.1, 0.15) is 5.75 Å². The Morgan fingerprint density at radius 2 is 2.07 bits per heavy atom. The van der Waals surface area contributed by atoms with Crippen molar-refractivity contribution in [3.8, 4) is 5.75 Å². The molecule has 78 valence electrons. The van der Waals surface area contributed by atoms with Gasteiger partial charge in [-0.25, -0.2) is 5.48 Å². The summed E-state index contributed by atoms with van der Waals surface area (Å²) in [6.45, 7) is 4.36. The number of phenols is 1. The lowest BCUT2D eigenvalue weighted by Crippen LogP contribution is -2.06. The second-order valence-electron chi connectivity index (χ2n) is 3.49. The topological polar surface area (TPSA) is 52.5 Å². The highest BCUT2D eigenvalue weighted by atomic mass is 79.9. The van der Waals surface area contributed by atoms with Gasteiger partial charge in [0, 0.05) is 16.6 Å². The van der Waals surface area contributed by atoms with Crippen molar-refractivity contribution in [3.05, 3.63) is 27.7 Å². The van der Waals surface area contributed by atoms with Crippen molar-refractivity contribution >= 4 is 15.9 Å². The Labute approximate surface area is 91.9 Å². The van der Waals surface area contributed by atoms with E-state index in [-0.39, 0.29) is 12.3 Å². The molecule has 0 aromatic heterocycles. The molecule has 3 nitrogen and oxygen atoms in total. The highest BCUT2D eigenvalue weighted by molar-refractivity contribution is 9.10. The van der Waals surface area contributed by atoms with Gasteiger partial charge in [-0.1, -0.05) is 29.8 Å². The Morgan fingerprint density at radius 3 is 2.57 bits per heavy atom. The number of hydrogen-bond donors (Lipinski definition) is 3. The van der Waals surface area contributed by atoms with Crippen molar-refractivity contribution in [3.63, 3.8) is 0 Å². The van der Waals surface area contributed by atoms with Gasteiger partial charge >= 0.3 is 0 Å². The number of nitrogens with one attached hydrogen (secondary N) is 1. The molecule has 0 aliphatic rings. The van der Waals surface area contributed by atoms with E-state index in [0.717, 1.165) is 10.0 Å². The average molecular weight is 260 g/mol. The molecule has 0 saturated heterocycles. The molecule has 0 bridgehead atoms. The predicted molar refractivity (Wildman–Crippen MR) is 58.5 cm³/mol. The van der Waals surface area contributed by atoms with Gasteiger partial charge in [0.25, 0.3) is 0 Å². The van der Waals surface area contributed by atoms with Gasteiger partial charge < -0.3 is 10.3 Å². The fraction of sp³-hybridized carbons (Fsp3) is 0.400. The third-order valence-electron chi connectivity index (χ3n) is 2.09. The molecule has 4 heteroatoms. The lowest BCUT2D eigenvalue weighted by molar-refractivity contribution is 0.160. The van der Waals surface area contributed by atoms with Crippen molar-refractivity contribution in [2.75, 3.05) is 0 Å². The molecule has 1 aromatic rings. The minimum atomic E-state index is 0.207. The van der Waals surface area contributed by atoms with Crippen LogP contribution in [0.3, 0.4) is 0 Å². The standard InChI is InChI=1S/C10H14BrNO2/c1-6(2)8-4-10(13)7(5-12-14)3-9(8)11/h3-4,6,12-14H,5H2,1-2H3. The molecule has 0 unspecified atom stereocenters. The van der Waals surface area contributed by atoms with E-state index in [0.29, 0.717) is 11.5 Å². The van der Waals surface area contributed by atoms with Gasteiger partial charge in [-0.15, -0.1) is 0 Å². The van der Waals surface area contributed by atoms with Gasteiger partial charge in [0.15, 0.2) is 0 Å². The van der Waals surface area contributed by atoms with Crippen LogP contribution in [0.25, 0.3) is 0 Å². The number of aromatic hydroxyl groups is 1. The second kappa shape index (κ2) is 4.77. The Balaban J connectivity index is 3.10. The number of halogens is 1. The van der Waals surface area contributed by atoms with Crippen LogP contribution in [-0.2, 0) is 6.54 Å². The van der Waals surface area contributed by atoms with Crippen LogP contribution in [0.1, 0.15) is 30.9 Å². The number of hydroxylamine groups is 1. The van der Waals surface area contributed by atoms with E-state index >= 15 is 0 Å². The lowest BCUT2D eigenvalue weighted by Gasteiger charge is -2.12. The first-order valence-electron chi connectivity index (χ1n) is 4.44. The highest BCUT2D eigenvalue weighted by Crippen LogP contribution is 2.31. The monoisotopic (exact) mass is 259 g/mol. The summed E-state index contributed by atoms with van der Waals surface area (Å²) < 4.78 is 0.954. The summed E-state index contributed by atoms with van der Waals surface area (Å²) in [5.41, 5.74) is 3.75. The molecule has 0 atom stereocenters. The maximum Gasteiger partial charge on any atom is 0.120 e. The molecule has 0 aliphatic heterocycles. The predicted octanol–water partition coefficient (Wildman–Crippen LogP) is 2.76. The van der Waals surface area contributed by atoms with Gasteiger partial charge in [-0.2, -0.15) is 0 Å². The third-order valence-corrected chi connectivity index (χ3v) is 2.78. The van der Waals surface area contributed by atoms with E-state index in [1.54, 1.807) is 6.07 Å². The molecular formula is C10H14BrNO2. The van der Waals surface area contributed by atoms with Gasteiger partial charge in [-0.05, 0) is 23.6 Å². The lowest BCUT2D eigenvalue weighted by atomic mass is 10.0. The largest absolute Gasteiger partial charge is 0.508 e. The summed E-state index contributed by atoms with van der Waals surface area (Å²) in [5, 5.41) is 18.2. The minimum Gasteiger partial charge on any atom is -0.508 e. The fourth-order valence-corrected chi connectivity index (χ4v) is 2.14. The fourth-order valence-electron chi connectivity index (χ4n) is 1.29. The zero-order chi connectivity index (χ0) is 10.7. The number of phenolic OH excluding ortho intramolecular Hbond substituents is 1. The summed E-state index contributed by atoms with van der Waals surface area (Å²) in [7, 11) is 0. The Bertz CT molecular complexity index is 326. The van der Waals surface area contributed by atoms with Gasteiger partial charge in [-0.3, -0.25) is 0 Å². The normalized spacial score (nSPS) is 10.9. The zero-order valence-electron chi connectivity index (χ0n) is 8.21. The molecule has 0 spiro atoms. The van der Waals surface area contributed by atoms with Gasteiger partial charge in [0.2, 0.25) is 0 Å². The van der Waals surface area contributed by atoms with E-state index < -0.39 is 0 Å². The van der Waals surface area contributed by atoms with Crippen LogP contribution in [0.4, 0.5) is 0 Å². The molecule has 3 N–H and O–H groups in total. The molecule has 0 aliphatic carbocycles. The van der Waals surface area contributed by atoms with Crippen molar-refractivity contribution in [2.45, 2.75) is 26.3 Å². The van der Waals surface area contributed by atoms with Crippen molar-refractivity contribution in [1.29, 1.82) is 0 Å². The Hall–Kier alpha value is -0.580. The molecule has 14 heavy (non-hydrogen) atoms. The number of benzene rings is 1. The Kier molecular flexibility index (Phi) is 3.92. The van der Waals surface area contributed by atoms with E-state index in [1.807, 2.05) is 11.5 Å². The summed E-state index contributed by atoms with van der Waals surface area (Å²) in [5.74, 6) is 0.560. The molecule has 0 heterocycles. The van der Waals surface area contributed by atoms with E-state index in [2.05, 4.69) is 29.8 Å². The van der Waals surface area contributed by atoms with Crippen LogP contribution >= 0.6 is 15.9 Å². The molecule has 0 amide bonds. The van der Waals surface area contributed by atoms with E-state index in [9.17, 15) is 5.11 Å². The van der Waals surface area contributed by atoms with Crippen LogP contribution in [0, 0.1) is 0 Å². The second-order valence-corrected chi connectivity index (χ2v) is 4.35. The summed E-state index contributed by atoms with van der Waals surface area (Å²) in [4.78, 5) is 0. The van der Waals surface area contributed by atoms with Crippen LogP contribution in [-0.4, -0.2) is 10.3 Å². The number of rotatable bonds is 3. The molecule has 0 fully saturated rings. The first-order valence-corrected chi connectivity index (χ1v) is 5.23. The van der Waals surface area contributed by atoms with Crippen molar-refractivity contribution in [2.24, 2.45) is 0 Å². The molecule has 0 saturated carbocycles. The first-order chi connectivity index (χ1) is 6.56. The SMILES string of the molecule is CC(C)c1cc(O)c(CNO)cc1Br. The highest BCUT2D eigenvalue weighted by Gasteiger charge is 2.09. The van der Waals surface area contributed by atoms with E-state index in [4.69, 9.17) is 5.21 Å². The molecular weight excluding hydrogens is 246 g/mol. The zero-order valence-corrected chi connectivity index (χ0v) is 9.80. The smallest absolute Gasteiger partial charge is 0.120 e. The maximum absolute atomic E-state index is 9.62. The maximum atomic E-state index is 9.62. The van der Waals surface area contributed by atoms with Crippen LogP contribution < -0.4 is 5.48 Å². The van der Waals surface area contributed by atoms with Crippen molar-refractivity contribution in [1.82, 2.24) is 5.48 Å². The average Bonchev–Trinajstić information content (AvgIpc) is 2.10. The number of hydrogen-bond acceptors (Lipinski definition) is 3. The molecule has 1 aromatic carbocycles. The van der Waals surface area contributed by atoms with Crippen molar-refractivity contribution < 1.29 is 10.3 Å². The first kappa shape index (κ1) is 11.5. The van der Waals surface area contributed by atoms with Crippen LogP contribution in [0.15, 0.2) is 16.6 Å².